The molecule has 1 atom stereocenters. The second kappa shape index (κ2) is 4.54. The Hall–Kier alpha value is -1.92. The summed E-state index contributed by atoms with van der Waals surface area (Å²) in [5.74, 6) is 0.220. The molecule has 0 spiro atoms. The van der Waals surface area contributed by atoms with Crippen molar-refractivity contribution in [2.75, 3.05) is 17.7 Å². The minimum atomic E-state index is -0.959. The standard InChI is InChI=1S/C8H13N5O2/c1-4(6(14)15)10-8-12-5(2)11-7(9-3)13-8/h4H,1-3H3,(H,14,15)(H2,9,10,11,12,13). The summed E-state index contributed by atoms with van der Waals surface area (Å²) in [6.45, 7) is 3.22. The van der Waals surface area contributed by atoms with E-state index in [2.05, 4.69) is 25.6 Å². The second-order valence-corrected chi connectivity index (χ2v) is 2.98. The maximum absolute atomic E-state index is 10.6. The highest BCUT2D eigenvalue weighted by molar-refractivity contribution is 5.75. The van der Waals surface area contributed by atoms with Gasteiger partial charge in [-0.05, 0) is 13.8 Å². The molecule has 0 aromatic carbocycles. The van der Waals surface area contributed by atoms with Crippen molar-refractivity contribution in [2.45, 2.75) is 19.9 Å². The molecular formula is C8H13N5O2. The van der Waals surface area contributed by atoms with Gasteiger partial charge in [-0.3, -0.25) is 4.79 Å². The molecule has 1 heterocycles. The number of aliphatic carboxylic acids is 1. The van der Waals surface area contributed by atoms with Crippen molar-refractivity contribution in [2.24, 2.45) is 0 Å². The van der Waals surface area contributed by atoms with Gasteiger partial charge in [-0.2, -0.15) is 15.0 Å². The third kappa shape index (κ3) is 3.04. The van der Waals surface area contributed by atoms with E-state index in [1.807, 2.05) is 0 Å². The van der Waals surface area contributed by atoms with E-state index in [9.17, 15) is 4.79 Å². The van der Waals surface area contributed by atoms with Gasteiger partial charge in [0.2, 0.25) is 11.9 Å². The Balaban J connectivity index is 2.85. The maximum atomic E-state index is 10.6. The first-order valence-electron chi connectivity index (χ1n) is 4.42. The van der Waals surface area contributed by atoms with Crippen LogP contribution in [0.2, 0.25) is 0 Å². The number of aryl methyl sites for hydroxylation is 1. The number of nitrogens with one attached hydrogen (secondary N) is 2. The predicted molar refractivity (Wildman–Crippen MR) is 54.8 cm³/mol. The number of carbonyl (C=O) groups is 1. The topological polar surface area (TPSA) is 100 Å². The normalized spacial score (nSPS) is 11.9. The molecule has 7 heteroatoms. The molecular weight excluding hydrogens is 198 g/mol. The van der Waals surface area contributed by atoms with Gasteiger partial charge in [0.1, 0.15) is 11.9 Å². The minimum Gasteiger partial charge on any atom is -0.480 e. The van der Waals surface area contributed by atoms with Gasteiger partial charge in [0, 0.05) is 7.05 Å². The minimum absolute atomic E-state index is 0.252. The van der Waals surface area contributed by atoms with Crippen LogP contribution in [-0.2, 0) is 4.79 Å². The van der Waals surface area contributed by atoms with Crippen molar-refractivity contribution in [3.8, 4) is 0 Å². The van der Waals surface area contributed by atoms with Crippen LogP contribution in [0.15, 0.2) is 0 Å². The zero-order chi connectivity index (χ0) is 11.4. The molecule has 0 saturated carbocycles. The molecule has 0 fully saturated rings. The van der Waals surface area contributed by atoms with Crippen LogP contribution < -0.4 is 10.6 Å². The molecule has 0 aliphatic heterocycles. The van der Waals surface area contributed by atoms with Crippen LogP contribution in [0.5, 0.6) is 0 Å². The van der Waals surface area contributed by atoms with E-state index < -0.39 is 12.0 Å². The molecule has 7 nitrogen and oxygen atoms in total. The first kappa shape index (κ1) is 11.2. The average molecular weight is 211 g/mol. The molecule has 1 unspecified atom stereocenters. The molecule has 82 valence electrons. The van der Waals surface area contributed by atoms with Gasteiger partial charge in [-0.25, -0.2) is 0 Å². The van der Waals surface area contributed by atoms with Gasteiger partial charge in [-0.15, -0.1) is 0 Å². The summed E-state index contributed by atoms with van der Waals surface area (Å²) < 4.78 is 0. The van der Waals surface area contributed by atoms with Gasteiger partial charge in [0.15, 0.2) is 0 Å². The number of carboxylic acids is 1. The van der Waals surface area contributed by atoms with Gasteiger partial charge >= 0.3 is 5.97 Å². The fraction of sp³-hybridized carbons (Fsp3) is 0.500. The van der Waals surface area contributed by atoms with E-state index in [1.165, 1.54) is 6.92 Å². The van der Waals surface area contributed by atoms with Gasteiger partial charge in [0.25, 0.3) is 0 Å². The Bertz CT molecular complexity index is 368. The fourth-order valence-electron chi connectivity index (χ4n) is 0.914. The van der Waals surface area contributed by atoms with E-state index in [1.54, 1.807) is 14.0 Å². The highest BCUT2D eigenvalue weighted by atomic mass is 16.4. The van der Waals surface area contributed by atoms with Crippen molar-refractivity contribution in [1.29, 1.82) is 0 Å². The van der Waals surface area contributed by atoms with Crippen LogP contribution in [0, 0.1) is 6.92 Å². The Morgan fingerprint density at radius 2 is 1.93 bits per heavy atom. The number of rotatable bonds is 4. The fourth-order valence-corrected chi connectivity index (χ4v) is 0.914. The van der Waals surface area contributed by atoms with Crippen LogP contribution in [0.1, 0.15) is 12.7 Å². The lowest BCUT2D eigenvalue weighted by molar-refractivity contribution is -0.137. The van der Waals surface area contributed by atoms with Gasteiger partial charge in [-0.1, -0.05) is 0 Å². The van der Waals surface area contributed by atoms with E-state index in [0.717, 1.165) is 0 Å². The van der Waals surface area contributed by atoms with Crippen LogP contribution in [0.25, 0.3) is 0 Å². The summed E-state index contributed by atoms with van der Waals surface area (Å²) in [5, 5.41) is 14.1. The molecule has 0 saturated heterocycles. The molecule has 1 aromatic heterocycles. The second-order valence-electron chi connectivity index (χ2n) is 2.98. The van der Waals surface area contributed by atoms with Crippen molar-refractivity contribution in [1.82, 2.24) is 15.0 Å². The number of anilines is 2. The third-order valence-electron chi connectivity index (χ3n) is 1.69. The predicted octanol–water partition coefficient (Wildman–Crippen LogP) is 0.107. The van der Waals surface area contributed by atoms with E-state index >= 15 is 0 Å². The molecule has 1 rings (SSSR count). The van der Waals surface area contributed by atoms with Crippen molar-refractivity contribution in [3.05, 3.63) is 5.82 Å². The number of carboxylic acid groups (broad SMARTS) is 1. The molecule has 0 aliphatic carbocycles. The monoisotopic (exact) mass is 211 g/mol. The van der Waals surface area contributed by atoms with Gasteiger partial charge in [0.05, 0.1) is 0 Å². The Kier molecular flexibility index (Phi) is 3.37. The van der Waals surface area contributed by atoms with Crippen molar-refractivity contribution >= 4 is 17.9 Å². The largest absolute Gasteiger partial charge is 0.480 e. The summed E-state index contributed by atoms with van der Waals surface area (Å²) in [7, 11) is 1.68. The summed E-state index contributed by atoms with van der Waals surface area (Å²) in [6.07, 6.45) is 0. The zero-order valence-corrected chi connectivity index (χ0v) is 8.77. The maximum Gasteiger partial charge on any atom is 0.325 e. The summed E-state index contributed by atoms with van der Waals surface area (Å²) in [4.78, 5) is 22.5. The number of hydrogen-bond donors (Lipinski definition) is 3. The third-order valence-corrected chi connectivity index (χ3v) is 1.69. The molecule has 0 radical (unpaired) electrons. The number of hydrogen-bond acceptors (Lipinski definition) is 6. The average Bonchev–Trinajstić information content (AvgIpc) is 2.16. The molecule has 3 N–H and O–H groups in total. The van der Waals surface area contributed by atoms with E-state index in [0.29, 0.717) is 11.8 Å². The summed E-state index contributed by atoms with van der Waals surface area (Å²) in [5.41, 5.74) is 0. The zero-order valence-electron chi connectivity index (χ0n) is 8.77. The first-order valence-corrected chi connectivity index (χ1v) is 4.42. The molecule has 0 aliphatic rings. The van der Waals surface area contributed by atoms with Crippen LogP contribution in [-0.4, -0.2) is 39.1 Å². The molecule has 0 bridgehead atoms. The van der Waals surface area contributed by atoms with Crippen molar-refractivity contribution in [3.63, 3.8) is 0 Å². The van der Waals surface area contributed by atoms with Crippen LogP contribution >= 0.6 is 0 Å². The van der Waals surface area contributed by atoms with E-state index in [-0.39, 0.29) is 5.95 Å². The van der Waals surface area contributed by atoms with Crippen molar-refractivity contribution < 1.29 is 9.90 Å². The Morgan fingerprint density at radius 1 is 1.33 bits per heavy atom. The highest BCUT2D eigenvalue weighted by Crippen LogP contribution is 2.05. The van der Waals surface area contributed by atoms with Crippen LogP contribution in [0.4, 0.5) is 11.9 Å². The van der Waals surface area contributed by atoms with E-state index in [4.69, 9.17) is 5.11 Å². The Morgan fingerprint density at radius 3 is 2.47 bits per heavy atom. The first-order chi connectivity index (χ1) is 7.02. The lowest BCUT2D eigenvalue weighted by atomic mass is 10.3. The molecule has 1 aromatic rings. The number of nitrogens with zero attached hydrogens (tertiary/aromatic N) is 3. The quantitative estimate of drug-likeness (QED) is 0.649. The smallest absolute Gasteiger partial charge is 0.325 e. The molecule has 0 amide bonds. The van der Waals surface area contributed by atoms with Crippen LogP contribution in [0.3, 0.4) is 0 Å². The summed E-state index contributed by atoms with van der Waals surface area (Å²) in [6, 6.07) is -0.739. The summed E-state index contributed by atoms with van der Waals surface area (Å²) >= 11 is 0. The Labute approximate surface area is 87.0 Å². The molecule has 15 heavy (non-hydrogen) atoms. The number of aromatic nitrogens is 3. The van der Waals surface area contributed by atoms with Gasteiger partial charge < -0.3 is 15.7 Å². The SMILES string of the molecule is CNc1nc(C)nc(NC(C)C(=O)O)n1. The lowest BCUT2D eigenvalue weighted by Gasteiger charge is -2.09. The highest BCUT2D eigenvalue weighted by Gasteiger charge is 2.12. The lowest BCUT2D eigenvalue weighted by Crippen LogP contribution is -2.26.